The lowest BCUT2D eigenvalue weighted by atomic mass is 10.3. The predicted octanol–water partition coefficient (Wildman–Crippen LogP) is 4.29. The number of phenols is 1. The number of phenolic OH excluding ortho intramolecular Hbond substituents is 1. The maximum absolute atomic E-state index is 13.1. The zero-order chi connectivity index (χ0) is 15.8. The van der Waals surface area contributed by atoms with Crippen molar-refractivity contribution in [3.63, 3.8) is 0 Å². The van der Waals surface area contributed by atoms with Crippen molar-refractivity contribution in [1.29, 1.82) is 0 Å². The second-order valence-corrected chi connectivity index (χ2v) is 6.87. The van der Waals surface area contributed by atoms with Crippen LogP contribution in [0.4, 0.5) is 10.1 Å². The van der Waals surface area contributed by atoms with Gasteiger partial charge in [0.1, 0.15) is 11.6 Å². The van der Waals surface area contributed by atoms with Crippen LogP contribution in [0, 0.1) is 5.82 Å². The Balaban J connectivity index is 2.42. The summed E-state index contributed by atoms with van der Waals surface area (Å²) in [6, 6.07) is 5.36. The van der Waals surface area contributed by atoms with Crippen LogP contribution in [-0.2, 0) is 10.0 Å². The summed E-state index contributed by atoms with van der Waals surface area (Å²) >= 11 is 17.0. The molecule has 2 N–H and O–H groups in total. The highest BCUT2D eigenvalue weighted by Gasteiger charge is 2.18. The molecule has 2 rings (SSSR count). The van der Waals surface area contributed by atoms with E-state index in [9.17, 15) is 17.9 Å². The first-order chi connectivity index (χ1) is 9.70. The molecule has 0 amide bonds. The Kier molecular flexibility index (Phi) is 4.53. The van der Waals surface area contributed by atoms with Gasteiger partial charge in [-0.05, 0) is 24.3 Å². The lowest BCUT2D eigenvalue weighted by Gasteiger charge is -2.11. The smallest absolute Gasteiger partial charge is 0.262 e. The Labute approximate surface area is 135 Å². The zero-order valence-corrected chi connectivity index (χ0v) is 13.2. The van der Waals surface area contributed by atoms with Crippen LogP contribution in [0.5, 0.6) is 5.75 Å². The van der Waals surface area contributed by atoms with Gasteiger partial charge in [-0.2, -0.15) is 0 Å². The lowest BCUT2D eigenvalue weighted by molar-refractivity contribution is 0.471. The van der Waals surface area contributed by atoms with Crippen LogP contribution in [0.1, 0.15) is 0 Å². The molecule has 0 aliphatic heterocycles. The minimum absolute atomic E-state index is 0.0564. The van der Waals surface area contributed by atoms with E-state index in [1.54, 1.807) is 0 Å². The maximum Gasteiger partial charge on any atom is 0.262 e. The van der Waals surface area contributed by atoms with Gasteiger partial charge >= 0.3 is 0 Å². The number of rotatable bonds is 3. The molecule has 112 valence electrons. The van der Waals surface area contributed by atoms with Crippen LogP contribution in [0.2, 0.25) is 15.1 Å². The van der Waals surface area contributed by atoms with Crippen LogP contribution in [0.25, 0.3) is 0 Å². The lowest BCUT2D eigenvalue weighted by Crippen LogP contribution is -2.13. The minimum Gasteiger partial charge on any atom is -0.506 e. The Hall–Kier alpha value is -1.21. The van der Waals surface area contributed by atoms with Gasteiger partial charge in [-0.3, -0.25) is 4.72 Å². The molecule has 0 aromatic heterocycles. The van der Waals surface area contributed by atoms with Crippen molar-refractivity contribution in [2.24, 2.45) is 0 Å². The molecule has 0 bridgehead atoms. The van der Waals surface area contributed by atoms with E-state index in [-0.39, 0.29) is 25.7 Å². The summed E-state index contributed by atoms with van der Waals surface area (Å²) in [5, 5.41) is 9.47. The normalized spacial score (nSPS) is 11.4. The highest BCUT2D eigenvalue weighted by atomic mass is 35.5. The van der Waals surface area contributed by atoms with E-state index < -0.39 is 21.6 Å². The van der Waals surface area contributed by atoms with E-state index in [1.807, 2.05) is 0 Å². The molecule has 0 unspecified atom stereocenters. The Bertz CT molecular complexity index is 812. The van der Waals surface area contributed by atoms with Gasteiger partial charge in [-0.25, -0.2) is 12.8 Å². The molecule has 0 saturated heterocycles. The van der Waals surface area contributed by atoms with Crippen LogP contribution in [0.3, 0.4) is 0 Å². The van der Waals surface area contributed by atoms with Crippen molar-refractivity contribution in [2.45, 2.75) is 4.90 Å². The fourth-order valence-electron chi connectivity index (χ4n) is 1.47. The standard InChI is InChI=1S/C12H7Cl3FNO3S/c13-7-2-1-6(3-8(7)14)21(19,20)17-11-4-9(15)10(16)5-12(11)18/h1-5,17-18H. The van der Waals surface area contributed by atoms with E-state index in [2.05, 4.69) is 4.72 Å². The highest BCUT2D eigenvalue weighted by molar-refractivity contribution is 7.92. The summed E-state index contributed by atoms with van der Waals surface area (Å²) in [5.41, 5.74) is -0.257. The molecule has 0 heterocycles. The van der Waals surface area contributed by atoms with E-state index in [4.69, 9.17) is 34.8 Å². The molecular weight excluding hydrogens is 364 g/mol. The number of aromatic hydroxyl groups is 1. The predicted molar refractivity (Wildman–Crippen MR) is 80.3 cm³/mol. The molecule has 0 saturated carbocycles. The van der Waals surface area contributed by atoms with Gasteiger partial charge in [-0.1, -0.05) is 34.8 Å². The summed E-state index contributed by atoms with van der Waals surface area (Å²) in [6.07, 6.45) is 0. The zero-order valence-electron chi connectivity index (χ0n) is 10.1. The van der Waals surface area contributed by atoms with Crippen molar-refractivity contribution in [2.75, 3.05) is 4.72 Å². The Morgan fingerprint density at radius 3 is 2.29 bits per heavy atom. The van der Waals surface area contributed by atoms with Gasteiger partial charge in [0.2, 0.25) is 0 Å². The van der Waals surface area contributed by atoms with Gasteiger partial charge in [0.05, 0.1) is 25.7 Å². The molecule has 0 aliphatic rings. The van der Waals surface area contributed by atoms with Crippen LogP contribution >= 0.6 is 34.8 Å². The summed E-state index contributed by atoms with van der Waals surface area (Å²) < 4.78 is 39.5. The largest absolute Gasteiger partial charge is 0.506 e. The topological polar surface area (TPSA) is 66.4 Å². The molecule has 21 heavy (non-hydrogen) atoms. The number of sulfonamides is 1. The summed E-state index contributed by atoms with van der Waals surface area (Å²) in [7, 11) is -4.04. The third-order valence-corrected chi connectivity index (χ3v) is 4.88. The second kappa shape index (κ2) is 5.88. The SMILES string of the molecule is O=S(=O)(Nc1cc(Cl)c(F)cc1O)c1ccc(Cl)c(Cl)c1. The van der Waals surface area contributed by atoms with Crippen molar-refractivity contribution in [3.8, 4) is 5.75 Å². The number of hydrogen-bond donors (Lipinski definition) is 2. The average Bonchev–Trinajstić information content (AvgIpc) is 2.39. The molecule has 0 spiro atoms. The van der Waals surface area contributed by atoms with E-state index in [1.165, 1.54) is 12.1 Å². The highest BCUT2D eigenvalue weighted by Crippen LogP contribution is 2.32. The summed E-state index contributed by atoms with van der Waals surface area (Å²) in [5.74, 6) is -1.47. The van der Waals surface area contributed by atoms with Crippen LogP contribution < -0.4 is 4.72 Å². The summed E-state index contributed by atoms with van der Waals surface area (Å²) in [4.78, 5) is -0.170. The minimum atomic E-state index is -4.04. The van der Waals surface area contributed by atoms with Gasteiger partial charge in [0.15, 0.2) is 0 Å². The third-order valence-electron chi connectivity index (χ3n) is 2.48. The molecule has 0 radical (unpaired) electrons. The molecule has 0 atom stereocenters. The fourth-order valence-corrected chi connectivity index (χ4v) is 3.08. The molecular formula is C12H7Cl3FNO3S. The monoisotopic (exact) mass is 369 g/mol. The molecule has 0 fully saturated rings. The van der Waals surface area contributed by atoms with E-state index >= 15 is 0 Å². The van der Waals surface area contributed by atoms with Crippen molar-refractivity contribution in [1.82, 2.24) is 0 Å². The van der Waals surface area contributed by atoms with Crippen molar-refractivity contribution >= 4 is 50.5 Å². The number of halogens is 4. The maximum atomic E-state index is 13.1. The van der Waals surface area contributed by atoms with Gasteiger partial charge in [-0.15, -0.1) is 0 Å². The van der Waals surface area contributed by atoms with Crippen LogP contribution in [0.15, 0.2) is 35.2 Å². The quantitative estimate of drug-likeness (QED) is 0.792. The fraction of sp³-hybridized carbons (Fsp3) is 0. The third kappa shape index (κ3) is 3.52. The molecule has 9 heteroatoms. The van der Waals surface area contributed by atoms with E-state index in [0.29, 0.717) is 6.07 Å². The number of hydrogen-bond acceptors (Lipinski definition) is 3. The van der Waals surface area contributed by atoms with Crippen molar-refractivity contribution < 1.29 is 17.9 Å². The number of nitrogens with one attached hydrogen (secondary N) is 1. The number of anilines is 1. The molecule has 2 aromatic carbocycles. The van der Waals surface area contributed by atoms with Crippen molar-refractivity contribution in [3.05, 3.63) is 51.2 Å². The second-order valence-electron chi connectivity index (χ2n) is 3.96. The first kappa shape index (κ1) is 16.2. The Morgan fingerprint density at radius 2 is 1.67 bits per heavy atom. The average molecular weight is 371 g/mol. The molecule has 4 nitrogen and oxygen atoms in total. The van der Waals surface area contributed by atoms with Gasteiger partial charge < -0.3 is 5.11 Å². The first-order valence-corrected chi connectivity index (χ1v) is 7.98. The van der Waals surface area contributed by atoms with E-state index in [0.717, 1.165) is 12.1 Å². The van der Waals surface area contributed by atoms with Gasteiger partial charge in [0.25, 0.3) is 10.0 Å². The molecule has 0 aliphatic carbocycles. The summed E-state index contributed by atoms with van der Waals surface area (Å²) in [6.45, 7) is 0. The van der Waals surface area contributed by atoms with Crippen LogP contribution in [-0.4, -0.2) is 13.5 Å². The Morgan fingerprint density at radius 1 is 1.00 bits per heavy atom. The first-order valence-electron chi connectivity index (χ1n) is 5.36. The number of benzene rings is 2. The molecule has 2 aromatic rings. The van der Waals surface area contributed by atoms with Gasteiger partial charge in [0, 0.05) is 6.07 Å².